The van der Waals surface area contributed by atoms with Crippen molar-refractivity contribution in [3.63, 3.8) is 0 Å². The predicted molar refractivity (Wildman–Crippen MR) is 87.8 cm³/mol. The molecule has 1 N–H and O–H groups in total. The van der Waals surface area contributed by atoms with Gasteiger partial charge in [0.2, 0.25) is 0 Å². The van der Waals surface area contributed by atoms with Crippen LogP contribution in [0.25, 0.3) is 10.8 Å². The number of alkyl halides is 3. The Balaban J connectivity index is 0.000000355. The molecule has 0 saturated carbocycles. The largest absolute Gasteiger partial charge is 0.534 e. The first-order valence-corrected chi connectivity index (χ1v) is 9.58. The fraction of sp³-hybridized carbons (Fsp3) is 0.333. The zero-order valence-corrected chi connectivity index (χ0v) is 14.0. The van der Waals surface area contributed by atoms with Gasteiger partial charge in [-0.25, -0.2) is 0 Å². The van der Waals surface area contributed by atoms with Gasteiger partial charge in [0.1, 0.15) is 5.75 Å². The van der Waals surface area contributed by atoms with Gasteiger partial charge in [-0.15, -0.1) is 0 Å². The van der Waals surface area contributed by atoms with E-state index in [0.29, 0.717) is 0 Å². The number of hydrogen-bond donors (Lipinski definition) is 1. The van der Waals surface area contributed by atoms with E-state index in [1.165, 1.54) is 42.5 Å². The summed E-state index contributed by atoms with van der Waals surface area (Å²) in [6.45, 7) is 0. The van der Waals surface area contributed by atoms with Crippen LogP contribution < -0.4 is 4.18 Å². The van der Waals surface area contributed by atoms with Crippen LogP contribution in [0.5, 0.6) is 11.5 Å². The van der Waals surface area contributed by atoms with Crippen LogP contribution in [0.3, 0.4) is 0 Å². The molecule has 0 unspecified atom stereocenters. The lowest BCUT2D eigenvalue weighted by atomic mass is 10.1. The van der Waals surface area contributed by atoms with Crippen molar-refractivity contribution in [1.29, 1.82) is 0 Å². The van der Waals surface area contributed by atoms with Crippen molar-refractivity contribution in [2.24, 2.45) is 0 Å². The first-order valence-electron chi connectivity index (χ1n) is 7.01. The molecule has 1 fully saturated rings. The highest BCUT2D eigenvalue weighted by Gasteiger charge is 2.48. The Labute approximate surface area is 141 Å². The van der Waals surface area contributed by atoms with Gasteiger partial charge >= 0.3 is 15.6 Å². The second-order valence-corrected chi connectivity index (χ2v) is 7.69. The van der Waals surface area contributed by atoms with Crippen LogP contribution in [0.15, 0.2) is 36.4 Å². The molecule has 9 heteroatoms. The fourth-order valence-electron chi connectivity index (χ4n) is 2.00. The molecule has 132 valence electrons. The second-order valence-electron chi connectivity index (χ2n) is 4.93. The Morgan fingerprint density at radius 3 is 2.08 bits per heavy atom. The summed E-state index contributed by atoms with van der Waals surface area (Å²) in [6.07, 6.45) is 2.93. The van der Waals surface area contributed by atoms with Crippen molar-refractivity contribution in [2.75, 3.05) is 11.5 Å². The minimum absolute atomic E-state index is 0.0651. The third-order valence-electron chi connectivity index (χ3n) is 3.17. The van der Waals surface area contributed by atoms with E-state index < -0.39 is 21.4 Å². The third-order valence-corrected chi connectivity index (χ3v) is 5.29. The van der Waals surface area contributed by atoms with E-state index in [2.05, 4.69) is 15.9 Å². The van der Waals surface area contributed by atoms with Crippen LogP contribution in [0, 0.1) is 0 Å². The monoisotopic (exact) mass is 380 g/mol. The molecule has 4 nitrogen and oxygen atoms in total. The molecule has 3 rings (SSSR count). The fourth-order valence-corrected chi connectivity index (χ4v) is 3.50. The van der Waals surface area contributed by atoms with E-state index in [9.17, 15) is 26.7 Å². The van der Waals surface area contributed by atoms with E-state index in [1.807, 2.05) is 0 Å². The Morgan fingerprint density at radius 2 is 1.58 bits per heavy atom. The van der Waals surface area contributed by atoms with Gasteiger partial charge in [0.25, 0.3) is 0 Å². The van der Waals surface area contributed by atoms with Gasteiger partial charge in [0.05, 0.1) is 0 Å². The number of fused-ring (bicyclic) bond motifs is 1. The summed E-state index contributed by atoms with van der Waals surface area (Å²) in [4.78, 5) is 0. The summed E-state index contributed by atoms with van der Waals surface area (Å²) < 4.78 is 62.7. The van der Waals surface area contributed by atoms with Crippen molar-refractivity contribution in [3.05, 3.63) is 36.4 Å². The molecule has 0 aromatic heterocycles. The Kier molecular flexibility index (Phi) is 5.87. The van der Waals surface area contributed by atoms with E-state index in [0.717, 1.165) is 12.1 Å². The lowest BCUT2D eigenvalue weighted by Crippen LogP contribution is -2.28. The standard InChI is InChI=1S/C11H7F3O4S.C4H8S/c12-11(13,14)19(16,17)18-10-6-5-9(15)7-3-1-2-4-8(7)10;1-2-4-5-3-1/h1-6,15H;1-4H2. The lowest BCUT2D eigenvalue weighted by molar-refractivity contribution is -0.0499. The number of phenolic OH excluding ortho intramolecular Hbond substituents is 1. The highest BCUT2D eigenvalue weighted by molar-refractivity contribution is 7.99. The summed E-state index contributed by atoms with van der Waals surface area (Å²) in [7, 11) is -5.74. The normalized spacial score (nSPS) is 15.0. The smallest absolute Gasteiger partial charge is 0.507 e. The minimum Gasteiger partial charge on any atom is -0.507 e. The van der Waals surface area contributed by atoms with E-state index in [-0.39, 0.29) is 16.5 Å². The molecule has 0 bridgehead atoms. The molecular formula is C15H15F3O4S2. The van der Waals surface area contributed by atoms with E-state index in [4.69, 9.17) is 0 Å². The van der Waals surface area contributed by atoms with Crippen molar-refractivity contribution < 1.29 is 30.9 Å². The van der Waals surface area contributed by atoms with Crippen molar-refractivity contribution in [3.8, 4) is 11.5 Å². The quantitative estimate of drug-likeness (QED) is 0.622. The van der Waals surface area contributed by atoms with Crippen LogP contribution in [-0.4, -0.2) is 30.5 Å². The van der Waals surface area contributed by atoms with E-state index >= 15 is 0 Å². The van der Waals surface area contributed by atoms with Gasteiger partial charge in [-0.1, -0.05) is 24.3 Å². The Bertz CT molecular complexity index is 792. The molecule has 2 aromatic carbocycles. The first-order chi connectivity index (χ1) is 11.2. The van der Waals surface area contributed by atoms with Gasteiger partial charge in [0.15, 0.2) is 5.75 Å². The van der Waals surface area contributed by atoms with Gasteiger partial charge in [-0.3, -0.25) is 0 Å². The average molecular weight is 380 g/mol. The Morgan fingerprint density at radius 1 is 1.00 bits per heavy atom. The Hall–Kier alpha value is -1.61. The second kappa shape index (κ2) is 7.52. The average Bonchev–Trinajstić information content (AvgIpc) is 3.09. The zero-order valence-electron chi connectivity index (χ0n) is 12.4. The molecule has 0 atom stereocenters. The SMILES string of the molecule is C1CCSC1.O=S(=O)(Oc1ccc(O)c2ccccc12)C(F)(F)F. The first kappa shape index (κ1) is 18.7. The summed E-state index contributed by atoms with van der Waals surface area (Å²) in [5.74, 6) is 2.15. The summed E-state index contributed by atoms with van der Waals surface area (Å²) in [5, 5.41) is 9.78. The van der Waals surface area contributed by atoms with Crippen LogP contribution >= 0.6 is 11.8 Å². The topological polar surface area (TPSA) is 63.6 Å². The highest BCUT2D eigenvalue weighted by atomic mass is 32.2. The van der Waals surface area contributed by atoms with Gasteiger partial charge < -0.3 is 9.29 Å². The number of halogens is 3. The third kappa shape index (κ3) is 4.47. The van der Waals surface area contributed by atoms with Crippen LogP contribution in [0.2, 0.25) is 0 Å². The van der Waals surface area contributed by atoms with Gasteiger partial charge in [0, 0.05) is 10.8 Å². The highest BCUT2D eigenvalue weighted by Crippen LogP contribution is 2.35. The van der Waals surface area contributed by atoms with Crippen molar-refractivity contribution >= 4 is 32.7 Å². The minimum atomic E-state index is -5.74. The van der Waals surface area contributed by atoms with Crippen molar-refractivity contribution in [1.82, 2.24) is 0 Å². The maximum atomic E-state index is 12.2. The molecule has 0 radical (unpaired) electrons. The number of thioether (sulfide) groups is 1. The number of benzene rings is 2. The maximum Gasteiger partial charge on any atom is 0.534 e. The lowest BCUT2D eigenvalue weighted by Gasteiger charge is -2.11. The van der Waals surface area contributed by atoms with Gasteiger partial charge in [-0.05, 0) is 36.5 Å². The maximum absolute atomic E-state index is 12.2. The van der Waals surface area contributed by atoms with Gasteiger partial charge in [-0.2, -0.15) is 33.4 Å². The summed E-state index contributed by atoms with van der Waals surface area (Å²) in [5.41, 5.74) is -5.51. The summed E-state index contributed by atoms with van der Waals surface area (Å²) in [6, 6.07) is 7.82. The van der Waals surface area contributed by atoms with Crippen LogP contribution in [0.1, 0.15) is 12.8 Å². The predicted octanol–water partition coefficient (Wildman–Crippen LogP) is 4.29. The number of hydrogen-bond acceptors (Lipinski definition) is 5. The number of phenols is 1. The molecule has 2 aromatic rings. The number of aromatic hydroxyl groups is 1. The van der Waals surface area contributed by atoms with Crippen molar-refractivity contribution in [2.45, 2.75) is 18.3 Å². The van der Waals surface area contributed by atoms with Crippen LogP contribution in [-0.2, 0) is 10.1 Å². The zero-order chi connectivity index (χ0) is 17.8. The molecule has 0 amide bonds. The molecule has 1 saturated heterocycles. The molecule has 0 spiro atoms. The summed E-state index contributed by atoms with van der Waals surface area (Å²) >= 11 is 2.07. The molecule has 1 heterocycles. The number of rotatable bonds is 2. The molecule has 1 aliphatic rings. The molecule has 0 aliphatic carbocycles. The molecule has 24 heavy (non-hydrogen) atoms. The molecule has 1 aliphatic heterocycles. The molecular weight excluding hydrogens is 365 g/mol. The van der Waals surface area contributed by atoms with Crippen LogP contribution in [0.4, 0.5) is 13.2 Å². The van der Waals surface area contributed by atoms with E-state index in [1.54, 1.807) is 6.07 Å².